The van der Waals surface area contributed by atoms with E-state index in [1.165, 1.54) is 13.8 Å². The smallest absolute Gasteiger partial charge is 0.221 e. The van der Waals surface area contributed by atoms with E-state index in [-0.39, 0.29) is 11.8 Å². The van der Waals surface area contributed by atoms with E-state index in [1.54, 1.807) is 25.3 Å². The van der Waals surface area contributed by atoms with E-state index in [2.05, 4.69) is 16.7 Å². The van der Waals surface area contributed by atoms with Gasteiger partial charge in [-0.05, 0) is 41.5 Å². The van der Waals surface area contributed by atoms with Crippen LogP contribution in [0.1, 0.15) is 13.8 Å². The Morgan fingerprint density at radius 3 is 2.32 bits per heavy atom. The first-order valence-corrected chi connectivity index (χ1v) is 6.75. The molecule has 0 spiro atoms. The first kappa shape index (κ1) is 15.6. The van der Waals surface area contributed by atoms with E-state index in [0.717, 1.165) is 16.9 Å². The monoisotopic (exact) mass is 297 g/mol. The van der Waals surface area contributed by atoms with Crippen molar-refractivity contribution in [2.24, 2.45) is 0 Å². The Bertz CT molecular complexity index is 711. The summed E-state index contributed by atoms with van der Waals surface area (Å²) in [4.78, 5) is 22.6. The maximum atomic E-state index is 11.3. The van der Waals surface area contributed by atoms with Gasteiger partial charge in [0.15, 0.2) is 0 Å². The molecule has 0 fully saturated rings. The van der Waals surface area contributed by atoms with Crippen molar-refractivity contribution in [3.8, 4) is 16.9 Å². The Labute approximate surface area is 129 Å². The molecule has 0 aliphatic rings. The highest BCUT2D eigenvalue weighted by Gasteiger charge is 2.09. The summed E-state index contributed by atoms with van der Waals surface area (Å²) in [6.07, 6.45) is 0. The summed E-state index contributed by atoms with van der Waals surface area (Å²) in [5, 5.41) is 5.41. The number of hydrogen-bond donors (Lipinski definition) is 2. The van der Waals surface area contributed by atoms with E-state index in [9.17, 15) is 9.59 Å². The third-order valence-electron chi connectivity index (χ3n) is 2.96. The molecule has 0 atom stereocenters. The van der Waals surface area contributed by atoms with Gasteiger partial charge in [-0.1, -0.05) is 12.1 Å². The molecule has 113 valence electrons. The van der Waals surface area contributed by atoms with Gasteiger partial charge in [-0.2, -0.15) is 0 Å². The highest BCUT2D eigenvalue weighted by molar-refractivity contribution is 5.99. The number of methoxy groups -OCH3 is 1. The molecule has 0 saturated carbocycles. The topological polar surface area (TPSA) is 67.4 Å². The molecule has 0 bridgehead atoms. The molecular weight excluding hydrogens is 280 g/mol. The minimum absolute atomic E-state index is 0.202. The molecule has 0 saturated heterocycles. The summed E-state index contributed by atoms with van der Waals surface area (Å²) in [7, 11) is 1.60. The van der Waals surface area contributed by atoms with Crippen LogP contribution in [0.5, 0.6) is 5.75 Å². The van der Waals surface area contributed by atoms with Crippen LogP contribution in [0.25, 0.3) is 11.1 Å². The Morgan fingerprint density at radius 1 is 1.00 bits per heavy atom. The summed E-state index contributed by atoms with van der Waals surface area (Å²) in [6.45, 7) is 2.84. The molecule has 0 aliphatic heterocycles. The van der Waals surface area contributed by atoms with E-state index in [4.69, 9.17) is 4.74 Å². The van der Waals surface area contributed by atoms with Gasteiger partial charge in [0.1, 0.15) is 5.75 Å². The lowest BCUT2D eigenvalue weighted by molar-refractivity contribution is -0.115. The second kappa shape index (κ2) is 6.76. The first-order valence-electron chi connectivity index (χ1n) is 6.75. The lowest BCUT2D eigenvalue weighted by Gasteiger charge is -2.13. The quantitative estimate of drug-likeness (QED) is 0.911. The van der Waals surface area contributed by atoms with Gasteiger partial charge in [-0.25, -0.2) is 0 Å². The van der Waals surface area contributed by atoms with Crippen LogP contribution in [0.4, 0.5) is 11.4 Å². The maximum Gasteiger partial charge on any atom is 0.221 e. The average molecular weight is 297 g/mol. The minimum Gasteiger partial charge on any atom is -0.497 e. The van der Waals surface area contributed by atoms with Gasteiger partial charge in [0.05, 0.1) is 18.5 Å². The maximum absolute atomic E-state index is 11.3. The Hall–Kier alpha value is -2.82. The van der Waals surface area contributed by atoms with Gasteiger partial charge < -0.3 is 15.4 Å². The van der Waals surface area contributed by atoms with Crippen molar-refractivity contribution in [1.82, 2.24) is 0 Å². The van der Waals surface area contributed by atoms with Gasteiger partial charge in [0, 0.05) is 13.8 Å². The second-order valence-corrected chi connectivity index (χ2v) is 4.76. The third-order valence-corrected chi connectivity index (χ3v) is 2.96. The van der Waals surface area contributed by atoms with Crippen molar-refractivity contribution in [3.63, 3.8) is 0 Å². The molecule has 5 heteroatoms. The summed E-state index contributed by atoms with van der Waals surface area (Å²) in [5.41, 5.74) is 2.78. The highest BCUT2D eigenvalue weighted by atomic mass is 16.5. The molecule has 2 amide bonds. The molecule has 0 unspecified atom stereocenters. The molecule has 5 nitrogen and oxygen atoms in total. The zero-order valence-electron chi connectivity index (χ0n) is 12.7. The fourth-order valence-corrected chi connectivity index (χ4v) is 2.04. The van der Waals surface area contributed by atoms with Crippen LogP contribution < -0.4 is 15.4 Å². The molecule has 0 heterocycles. The van der Waals surface area contributed by atoms with Crippen molar-refractivity contribution in [1.29, 1.82) is 0 Å². The van der Waals surface area contributed by atoms with E-state index in [0.29, 0.717) is 11.4 Å². The predicted octanol–water partition coefficient (Wildman–Crippen LogP) is 3.08. The van der Waals surface area contributed by atoms with E-state index < -0.39 is 0 Å². The number of carbonyl (C=O) groups excluding carboxylic acids is 2. The van der Waals surface area contributed by atoms with Crippen molar-refractivity contribution in [2.75, 3.05) is 17.7 Å². The second-order valence-electron chi connectivity index (χ2n) is 4.76. The molecule has 2 rings (SSSR count). The van der Waals surface area contributed by atoms with Gasteiger partial charge in [0.2, 0.25) is 11.8 Å². The van der Waals surface area contributed by atoms with Crippen molar-refractivity contribution in [2.45, 2.75) is 13.8 Å². The van der Waals surface area contributed by atoms with Crippen molar-refractivity contribution >= 4 is 23.2 Å². The standard InChI is InChI=1S/C17H17N2O3/c1-11(20)18-16-8-7-14(10-17(16)19-12(2)21)13-5-4-6-15(9-13)22-3/h4,6-10H,1-3H3,(H,18,20)(H,19,21). The number of hydrogen-bond acceptors (Lipinski definition) is 3. The molecule has 22 heavy (non-hydrogen) atoms. The van der Waals surface area contributed by atoms with Crippen LogP contribution in [-0.4, -0.2) is 18.9 Å². The summed E-state index contributed by atoms with van der Waals surface area (Å²) in [5.74, 6) is 0.312. The van der Waals surface area contributed by atoms with Crippen LogP contribution in [0, 0.1) is 6.07 Å². The number of nitrogens with one attached hydrogen (secondary N) is 2. The molecule has 2 N–H and O–H groups in total. The zero-order chi connectivity index (χ0) is 16.1. The van der Waals surface area contributed by atoms with Crippen LogP contribution in [0.15, 0.2) is 36.4 Å². The number of anilines is 2. The summed E-state index contributed by atoms with van der Waals surface area (Å²) < 4.78 is 5.20. The van der Waals surface area contributed by atoms with E-state index in [1.807, 2.05) is 18.2 Å². The molecule has 0 aliphatic carbocycles. The molecular formula is C17H17N2O3. The molecule has 2 aromatic rings. The number of amides is 2. The average Bonchev–Trinajstić information content (AvgIpc) is 2.48. The minimum atomic E-state index is -0.210. The molecule has 2 aromatic carbocycles. The normalized spacial score (nSPS) is 9.95. The zero-order valence-corrected chi connectivity index (χ0v) is 12.7. The summed E-state index contributed by atoms with van der Waals surface area (Å²) >= 11 is 0. The number of ether oxygens (including phenoxy) is 1. The predicted molar refractivity (Wildman–Crippen MR) is 85.9 cm³/mol. The largest absolute Gasteiger partial charge is 0.497 e. The Morgan fingerprint density at radius 2 is 1.68 bits per heavy atom. The fourth-order valence-electron chi connectivity index (χ4n) is 2.04. The lowest BCUT2D eigenvalue weighted by Crippen LogP contribution is -2.12. The van der Waals surface area contributed by atoms with Crippen LogP contribution in [-0.2, 0) is 9.59 Å². The number of benzene rings is 2. The van der Waals surface area contributed by atoms with Gasteiger partial charge >= 0.3 is 0 Å². The summed E-state index contributed by atoms with van der Waals surface area (Å²) in [6, 6.07) is 13.9. The SMILES string of the molecule is COc1cc[c]c(-c2ccc(NC(C)=O)c(NC(C)=O)c2)c1. The fraction of sp³-hybridized carbons (Fsp3) is 0.176. The number of carbonyl (C=O) groups is 2. The van der Waals surface area contributed by atoms with Crippen LogP contribution in [0.3, 0.4) is 0 Å². The first-order chi connectivity index (χ1) is 10.5. The molecule has 0 aromatic heterocycles. The van der Waals surface area contributed by atoms with Crippen LogP contribution in [0.2, 0.25) is 0 Å². The van der Waals surface area contributed by atoms with Crippen molar-refractivity contribution < 1.29 is 14.3 Å². The lowest BCUT2D eigenvalue weighted by atomic mass is 10.0. The Kier molecular flexibility index (Phi) is 4.78. The van der Waals surface area contributed by atoms with Gasteiger partial charge in [-0.15, -0.1) is 0 Å². The highest BCUT2D eigenvalue weighted by Crippen LogP contribution is 2.30. The van der Waals surface area contributed by atoms with Crippen LogP contribution >= 0.6 is 0 Å². The van der Waals surface area contributed by atoms with Crippen molar-refractivity contribution in [3.05, 3.63) is 42.5 Å². The third kappa shape index (κ3) is 3.85. The van der Waals surface area contributed by atoms with Gasteiger partial charge in [-0.3, -0.25) is 9.59 Å². The number of rotatable bonds is 4. The Balaban J connectivity index is 2.44. The molecule has 1 radical (unpaired) electrons. The van der Waals surface area contributed by atoms with E-state index >= 15 is 0 Å². The van der Waals surface area contributed by atoms with Gasteiger partial charge in [0.25, 0.3) is 0 Å².